The zero-order chi connectivity index (χ0) is 21.5. The minimum Gasteiger partial charge on any atom is -0.319 e. The Labute approximate surface area is 175 Å². The second kappa shape index (κ2) is 7.77. The van der Waals surface area contributed by atoms with E-state index in [2.05, 4.69) is 34.2 Å². The normalized spacial score (nSPS) is 20.4. The summed E-state index contributed by atoms with van der Waals surface area (Å²) < 4.78 is 29.0. The molecule has 1 aromatic carbocycles. The number of carbonyl (C=O) groups is 1. The first-order chi connectivity index (χ1) is 14.2. The maximum absolute atomic E-state index is 13.0. The first kappa shape index (κ1) is 20.4. The molecule has 0 bridgehead atoms. The van der Waals surface area contributed by atoms with Crippen LogP contribution in [0.25, 0.3) is 5.78 Å². The molecule has 10 heteroatoms. The lowest BCUT2D eigenvalue weighted by atomic mass is 9.94. The largest absolute Gasteiger partial charge is 0.319 e. The van der Waals surface area contributed by atoms with Gasteiger partial charge in [-0.2, -0.15) is 9.29 Å². The van der Waals surface area contributed by atoms with Crippen LogP contribution in [0.1, 0.15) is 36.6 Å². The highest BCUT2D eigenvalue weighted by atomic mass is 32.2. The van der Waals surface area contributed by atoms with Crippen molar-refractivity contribution >= 4 is 27.4 Å². The Hall–Kier alpha value is -2.85. The van der Waals surface area contributed by atoms with Crippen LogP contribution in [0, 0.1) is 18.8 Å². The topological polar surface area (TPSA) is 110 Å². The summed E-state index contributed by atoms with van der Waals surface area (Å²) in [4.78, 5) is 20.9. The number of anilines is 1. The molecule has 158 valence electrons. The fourth-order valence-corrected chi connectivity index (χ4v) is 5.53. The van der Waals surface area contributed by atoms with E-state index < -0.39 is 15.9 Å². The zero-order valence-corrected chi connectivity index (χ0v) is 17.9. The van der Waals surface area contributed by atoms with Gasteiger partial charge in [0.05, 0.1) is 4.90 Å². The van der Waals surface area contributed by atoms with E-state index >= 15 is 0 Å². The third-order valence-corrected chi connectivity index (χ3v) is 7.06. The summed E-state index contributed by atoms with van der Waals surface area (Å²) >= 11 is 0. The summed E-state index contributed by atoms with van der Waals surface area (Å²) in [5.74, 6) is 0.502. The molecule has 30 heavy (non-hydrogen) atoms. The average Bonchev–Trinajstić information content (AvgIpc) is 3.14. The molecule has 1 fully saturated rings. The van der Waals surface area contributed by atoms with Gasteiger partial charge in [0.1, 0.15) is 0 Å². The van der Waals surface area contributed by atoms with Gasteiger partial charge in [-0.15, -0.1) is 5.10 Å². The number of aromatic nitrogens is 4. The minimum atomic E-state index is -3.56. The second-order valence-electron chi connectivity index (χ2n) is 7.98. The van der Waals surface area contributed by atoms with Gasteiger partial charge in [-0.25, -0.2) is 17.9 Å². The molecule has 1 saturated heterocycles. The van der Waals surface area contributed by atoms with Crippen LogP contribution in [0.4, 0.5) is 5.69 Å². The lowest BCUT2D eigenvalue weighted by Crippen LogP contribution is -2.42. The molecule has 3 heterocycles. The molecule has 2 atom stereocenters. The molecule has 0 unspecified atom stereocenters. The highest BCUT2D eigenvalue weighted by Gasteiger charge is 2.31. The number of hydrogen-bond acceptors (Lipinski definition) is 6. The molecule has 0 spiro atoms. The van der Waals surface area contributed by atoms with Gasteiger partial charge >= 0.3 is 0 Å². The van der Waals surface area contributed by atoms with Crippen LogP contribution in [0.15, 0.2) is 41.4 Å². The molecule has 2 aromatic heterocycles. The number of piperidine rings is 1. The van der Waals surface area contributed by atoms with E-state index in [0.29, 0.717) is 36.4 Å². The molecule has 0 saturated carbocycles. The Morgan fingerprint density at radius 2 is 1.77 bits per heavy atom. The van der Waals surface area contributed by atoms with Crippen molar-refractivity contribution in [3.05, 3.63) is 48.0 Å². The van der Waals surface area contributed by atoms with Crippen LogP contribution in [0.3, 0.4) is 0 Å². The van der Waals surface area contributed by atoms with Crippen molar-refractivity contribution in [2.24, 2.45) is 11.8 Å². The summed E-state index contributed by atoms with van der Waals surface area (Å²) in [5, 5.41) is 6.87. The summed E-state index contributed by atoms with van der Waals surface area (Å²) in [6, 6.07) is 7.93. The van der Waals surface area contributed by atoms with Crippen molar-refractivity contribution in [2.45, 2.75) is 32.1 Å². The van der Waals surface area contributed by atoms with Crippen LogP contribution >= 0.6 is 0 Å². The number of amides is 1. The van der Waals surface area contributed by atoms with Gasteiger partial charge in [0.15, 0.2) is 0 Å². The predicted octanol–water partition coefficient (Wildman–Crippen LogP) is 2.35. The van der Waals surface area contributed by atoms with E-state index in [-0.39, 0.29) is 10.7 Å². The number of sulfonamides is 1. The highest BCUT2D eigenvalue weighted by Crippen LogP contribution is 2.27. The number of aryl methyl sites for hydroxylation is 1. The van der Waals surface area contributed by atoms with Gasteiger partial charge < -0.3 is 5.32 Å². The summed E-state index contributed by atoms with van der Waals surface area (Å²) in [5.41, 5.74) is 1.27. The fraction of sp³-hybridized carbons (Fsp3) is 0.400. The molecular formula is C20H24N6O3S. The van der Waals surface area contributed by atoms with E-state index in [9.17, 15) is 13.2 Å². The fourth-order valence-electron chi connectivity index (χ4n) is 3.85. The second-order valence-corrected chi connectivity index (χ2v) is 9.92. The number of fused-ring (bicyclic) bond motifs is 1. The van der Waals surface area contributed by atoms with Crippen molar-refractivity contribution in [1.82, 2.24) is 23.9 Å². The molecule has 9 nitrogen and oxygen atoms in total. The Balaban J connectivity index is 1.50. The highest BCUT2D eigenvalue weighted by molar-refractivity contribution is 7.89. The van der Waals surface area contributed by atoms with Gasteiger partial charge in [-0.3, -0.25) is 4.79 Å². The van der Waals surface area contributed by atoms with Crippen molar-refractivity contribution in [1.29, 1.82) is 0 Å². The first-order valence-electron chi connectivity index (χ1n) is 9.84. The summed E-state index contributed by atoms with van der Waals surface area (Å²) in [7, 11) is -3.56. The van der Waals surface area contributed by atoms with Crippen molar-refractivity contribution < 1.29 is 13.2 Å². The zero-order valence-electron chi connectivity index (χ0n) is 17.1. The third-order valence-electron chi connectivity index (χ3n) is 5.22. The SMILES string of the molecule is Cc1ccnc2nc(C(=O)Nc3ccc(S(=O)(=O)N4C[C@H](C)C[C@H](C)C4)cc3)nn12. The van der Waals surface area contributed by atoms with Gasteiger partial charge in [-0.05, 0) is 55.5 Å². The smallest absolute Gasteiger partial charge is 0.295 e. The quantitative estimate of drug-likeness (QED) is 0.683. The number of rotatable bonds is 4. The Bertz CT molecular complexity index is 1180. The molecule has 1 amide bonds. The maximum atomic E-state index is 13.0. The lowest BCUT2D eigenvalue weighted by molar-refractivity contribution is 0.101. The molecule has 0 radical (unpaired) electrons. The van der Waals surface area contributed by atoms with Crippen molar-refractivity contribution in [2.75, 3.05) is 18.4 Å². The molecule has 1 aliphatic heterocycles. The number of hydrogen-bond donors (Lipinski definition) is 1. The number of benzene rings is 1. The first-order valence-corrected chi connectivity index (χ1v) is 11.3. The minimum absolute atomic E-state index is 0.00945. The number of carbonyl (C=O) groups excluding carboxylic acids is 1. The molecule has 4 rings (SSSR count). The number of nitrogens with zero attached hydrogens (tertiary/aromatic N) is 5. The molecule has 1 N–H and O–H groups in total. The molecule has 0 aliphatic carbocycles. The van der Waals surface area contributed by atoms with Crippen LogP contribution < -0.4 is 5.32 Å². The Morgan fingerprint density at radius 1 is 1.10 bits per heavy atom. The maximum Gasteiger partial charge on any atom is 0.295 e. The van der Waals surface area contributed by atoms with Gasteiger partial charge in [0, 0.05) is 30.7 Å². The van der Waals surface area contributed by atoms with E-state index in [4.69, 9.17) is 0 Å². The predicted molar refractivity (Wildman–Crippen MR) is 112 cm³/mol. The lowest BCUT2D eigenvalue weighted by Gasteiger charge is -2.34. The third kappa shape index (κ3) is 3.92. The Morgan fingerprint density at radius 3 is 2.40 bits per heavy atom. The van der Waals surface area contributed by atoms with E-state index in [1.54, 1.807) is 28.7 Å². The molecule has 3 aromatic rings. The van der Waals surface area contributed by atoms with Crippen LogP contribution in [0.5, 0.6) is 0 Å². The van der Waals surface area contributed by atoms with Gasteiger partial charge in [0.2, 0.25) is 15.8 Å². The van der Waals surface area contributed by atoms with Crippen LogP contribution in [-0.4, -0.2) is 51.3 Å². The summed E-state index contributed by atoms with van der Waals surface area (Å²) in [6.45, 7) is 7.03. The standard InChI is InChI=1S/C20H24N6O3S/c1-13-10-14(2)12-25(11-13)30(28,29)17-6-4-16(5-7-17)22-19(27)18-23-20-21-9-8-15(3)26(20)24-18/h4-9,13-14H,10-12H2,1-3H3,(H,22,27)/t13-,14+. The Kier molecular flexibility index (Phi) is 5.29. The number of nitrogens with one attached hydrogen (secondary N) is 1. The van der Waals surface area contributed by atoms with Crippen LogP contribution in [0.2, 0.25) is 0 Å². The van der Waals surface area contributed by atoms with Gasteiger partial charge in [0.25, 0.3) is 11.7 Å². The van der Waals surface area contributed by atoms with Gasteiger partial charge in [-0.1, -0.05) is 13.8 Å². The van der Waals surface area contributed by atoms with E-state index in [0.717, 1.165) is 12.1 Å². The molecule has 1 aliphatic rings. The summed E-state index contributed by atoms with van der Waals surface area (Å²) in [6.07, 6.45) is 2.63. The van der Waals surface area contributed by atoms with Crippen molar-refractivity contribution in [3.8, 4) is 0 Å². The average molecular weight is 429 g/mol. The van der Waals surface area contributed by atoms with Crippen molar-refractivity contribution in [3.63, 3.8) is 0 Å². The van der Waals surface area contributed by atoms with E-state index in [1.807, 2.05) is 6.92 Å². The van der Waals surface area contributed by atoms with Crippen LogP contribution in [-0.2, 0) is 10.0 Å². The van der Waals surface area contributed by atoms with E-state index in [1.165, 1.54) is 16.6 Å². The molecular weight excluding hydrogens is 404 g/mol. The monoisotopic (exact) mass is 428 g/mol.